The Bertz CT molecular complexity index is 1430. The summed E-state index contributed by atoms with van der Waals surface area (Å²) in [5.74, 6) is -1.59. The van der Waals surface area contributed by atoms with Crippen molar-refractivity contribution in [2.45, 2.75) is 70.3 Å². The molecule has 0 unspecified atom stereocenters. The first-order valence-corrected chi connectivity index (χ1v) is 14.6. The van der Waals surface area contributed by atoms with Crippen LogP contribution in [-0.2, 0) is 27.3 Å². The lowest BCUT2D eigenvalue weighted by Gasteiger charge is -2.29. The van der Waals surface area contributed by atoms with Crippen LogP contribution in [0.15, 0.2) is 48.7 Å². The smallest absolute Gasteiger partial charge is 0.306 e. The van der Waals surface area contributed by atoms with Crippen molar-refractivity contribution in [3.8, 4) is 0 Å². The molecule has 1 aromatic heterocycles. The minimum absolute atomic E-state index is 0.0197. The van der Waals surface area contributed by atoms with Crippen molar-refractivity contribution < 1.29 is 28.6 Å². The highest BCUT2D eigenvalue weighted by molar-refractivity contribution is 6.34. The molecule has 2 aromatic carbocycles. The number of hydrogen-bond donors (Lipinski definition) is 2. The number of benzene rings is 2. The van der Waals surface area contributed by atoms with Gasteiger partial charge in [-0.3, -0.25) is 14.4 Å². The number of hydrogen-bond acceptors (Lipinski definition) is 4. The first-order chi connectivity index (χ1) is 19.7. The van der Waals surface area contributed by atoms with Crippen LogP contribution in [0.1, 0.15) is 54.9 Å². The van der Waals surface area contributed by atoms with Gasteiger partial charge >= 0.3 is 5.97 Å². The first kappa shape index (κ1) is 29.1. The van der Waals surface area contributed by atoms with E-state index in [1.165, 1.54) is 0 Å². The number of aliphatic carboxylic acids is 1. The molecule has 0 radical (unpaired) electrons. The van der Waals surface area contributed by atoms with E-state index in [1.807, 2.05) is 42.0 Å². The lowest BCUT2D eigenvalue weighted by molar-refractivity contribution is -0.144. The second-order valence-corrected chi connectivity index (χ2v) is 11.4. The van der Waals surface area contributed by atoms with Crippen LogP contribution in [0, 0.1) is 5.92 Å². The van der Waals surface area contributed by atoms with Crippen LogP contribution >= 0.6 is 11.6 Å². The van der Waals surface area contributed by atoms with E-state index in [9.17, 15) is 23.9 Å². The number of carboxylic acid groups (broad SMARTS) is 1. The maximum atomic E-state index is 14.4. The molecule has 8 nitrogen and oxygen atoms in total. The largest absolute Gasteiger partial charge is 0.481 e. The van der Waals surface area contributed by atoms with E-state index in [2.05, 4.69) is 5.32 Å². The van der Waals surface area contributed by atoms with Crippen molar-refractivity contribution in [2.24, 2.45) is 5.92 Å². The molecular weight excluding hydrogens is 549 g/mol. The van der Waals surface area contributed by atoms with Gasteiger partial charge in [0.15, 0.2) is 0 Å². The summed E-state index contributed by atoms with van der Waals surface area (Å²) in [6, 6.07) is 12.4. The summed E-state index contributed by atoms with van der Waals surface area (Å²) in [6.07, 6.45) is 3.35. The molecule has 1 saturated heterocycles. The summed E-state index contributed by atoms with van der Waals surface area (Å²) < 4.78 is 22.4. The molecule has 41 heavy (non-hydrogen) atoms. The van der Waals surface area contributed by atoms with E-state index in [-0.39, 0.29) is 55.9 Å². The zero-order valence-corrected chi connectivity index (χ0v) is 23.8. The Morgan fingerprint density at radius 3 is 2.59 bits per heavy atom. The Hall–Kier alpha value is -3.43. The van der Waals surface area contributed by atoms with Gasteiger partial charge in [-0.15, -0.1) is 0 Å². The van der Waals surface area contributed by atoms with E-state index in [1.54, 1.807) is 23.1 Å². The van der Waals surface area contributed by atoms with Crippen molar-refractivity contribution >= 4 is 46.0 Å². The molecule has 5 rings (SSSR count). The standard InChI is InChI=1S/C31H35ClFN3O5/c1-2-35-17-25(24-5-3-4-6-28(24)35)30(38)34-27-12-7-19(13-26(27)32)14-29(37)36-16-21(33)15-22(36)18-41-23-10-8-20(9-11-23)31(39)40/h3-7,12-13,17,20-23H,2,8-11,14-16,18H2,1H3,(H,34,38)(H,39,40)/t20-,21-,22-,23-/m0/s1. The summed E-state index contributed by atoms with van der Waals surface area (Å²) in [7, 11) is 0. The zero-order chi connectivity index (χ0) is 29.1. The third-order valence-electron chi connectivity index (χ3n) is 8.24. The third-order valence-corrected chi connectivity index (χ3v) is 8.56. The molecule has 2 fully saturated rings. The van der Waals surface area contributed by atoms with Crippen LogP contribution in [0.5, 0.6) is 0 Å². The fraction of sp³-hybridized carbons (Fsp3) is 0.452. The Morgan fingerprint density at radius 1 is 1.12 bits per heavy atom. The van der Waals surface area contributed by atoms with Crippen LogP contribution in [0.2, 0.25) is 5.02 Å². The summed E-state index contributed by atoms with van der Waals surface area (Å²) >= 11 is 6.51. The summed E-state index contributed by atoms with van der Waals surface area (Å²) in [6.45, 7) is 3.00. The second-order valence-electron chi connectivity index (χ2n) is 11.0. The molecule has 2 amide bonds. The Labute approximate surface area is 243 Å². The van der Waals surface area contributed by atoms with E-state index >= 15 is 0 Å². The normalized spacial score (nSPS) is 22.7. The zero-order valence-electron chi connectivity index (χ0n) is 23.0. The first-order valence-electron chi connectivity index (χ1n) is 14.2. The van der Waals surface area contributed by atoms with Gasteiger partial charge in [0.2, 0.25) is 5.91 Å². The number of aromatic nitrogens is 1. The molecule has 2 N–H and O–H groups in total. The lowest BCUT2D eigenvalue weighted by atomic mass is 9.87. The number of amides is 2. The Morgan fingerprint density at radius 2 is 1.88 bits per heavy atom. The third kappa shape index (κ3) is 6.57. The number of aryl methyl sites for hydroxylation is 1. The molecule has 1 saturated carbocycles. The summed E-state index contributed by atoms with van der Waals surface area (Å²) in [4.78, 5) is 39.0. The van der Waals surface area contributed by atoms with Crippen LogP contribution in [-0.4, -0.2) is 63.8 Å². The molecule has 2 aliphatic rings. The average molecular weight is 584 g/mol. The van der Waals surface area contributed by atoms with Crippen LogP contribution in [0.25, 0.3) is 10.9 Å². The van der Waals surface area contributed by atoms with Gasteiger partial charge in [0.05, 0.1) is 53.9 Å². The van der Waals surface area contributed by atoms with Gasteiger partial charge in [-0.05, 0) is 56.4 Å². The monoisotopic (exact) mass is 583 g/mol. The number of fused-ring (bicyclic) bond motifs is 1. The number of nitrogens with one attached hydrogen (secondary N) is 1. The van der Waals surface area contributed by atoms with E-state index in [0.717, 1.165) is 17.4 Å². The van der Waals surface area contributed by atoms with Crippen LogP contribution in [0.3, 0.4) is 0 Å². The van der Waals surface area contributed by atoms with Gasteiger partial charge in [0, 0.05) is 30.1 Å². The maximum absolute atomic E-state index is 14.4. The van der Waals surface area contributed by atoms with Gasteiger partial charge in [0.25, 0.3) is 5.91 Å². The second kappa shape index (κ2) is 12.6. The predicted molar refractivity (Wildman–Crippen MR) is 155 cm³/mol. The summed E-state index contributed by atoms with van der Waals surface area (Å²) in [5, 5.41) is 13.2. The van der Waals surface area contributed by atoms with Crippen molar-refractivity contribution in [3.05, 3.63) is 64.8 Å². The van der Waals surface area contributed by atoms with E-state index in [0.29, 0.717) is 47.5 Å². The number of halogens is 2. The summed E-state index contributed by atoms with van der Waals surface area (Å²) in [5.41, 5.74) is 2.63. The Kier molecular flexibility index (Phi) is 8.94. The quantitative estimate of drug-likeness (QED) is 0.336. The maximum Gasteiger partial charge on any atom is 0.306 e. The number of alkyl halides is 1. The average Bonchev–Trinajstić information content (AvgIpc) is 3.53. The number of anilines is 1. The number of para-hydroxylation sites is 1. The van der Waals surface area contributed by atoms with Gasteiger partial charge in [0.1, 0.15) is 6.17 Å². The molecule has 0 bridgehead atoms. The number of nitrogens with zero attached hydrogens (tertiary/aromatic N) is 2. The van der Waals surface area contributed by atoms with Crippen molar-refractivity contribution in [2.75, 3.05) is 18.5 Å². The highest BCUT2D eigenvalue weighted by Gasteiger charge is 2.36. The topological polar surface area (TPSA) is 101 Å². The van der Waals surface area contributed by atoms with Gasteiger partial charge in [-0.2, -0.15) is 0 Å². The molecule has 3 aromatic rings. The molecule has 1 aliphatic heterocycles. The number of rotatable bonds is 9. The molecule has 1 aliphatic carbocycles. The fourth-order valence-electron chi connectivity index (χ4n) is 5.97. The predicted octanol–water partition coefficient (Wildman–Crippen LogP) is 5.71. The van der Waals surface area contributed by atoms with E-state index in [4.69, 9.17) is 16.3 Å². The molecule has 10 heteroatoms. The molecule has 2 atom stereocenters. The highest BCUT2D eigenvalue weighted by Crippen LogP contribution is 2.30. The highest BCUT2D eigenvalue weighted by atomic mass is 35.5. The van der Waals surface area contributed by atoms with Crippen LogP contribution in [0.4, 0.5) is 10.1 Å². The van der Waals surface area contributed by atoms with E-state index < -0.39 is 12.1 Å². The molecular formula is C31H35ClFN3O5. The lowest BCUT2D eigenvalue weighted by Crippen LogP contribution is -2.40. The van der Waals surface area contributed by atoms with Crippen LogP contribution < -0.4 is 5.32 Å². The van der Waals surface area contributed by atoms with Crippen molar-refractivity contribution in [1.82, 2.24) is 9.47 Å². The number of ether oxygens (including phenoxy) is 1. The fourth-order valence-corrected chi connectivity index (χ4v) is 6.22. The number of carbonyl (C=O) groups is 3. The SMILES string of the molecule is CCn1cc(C(=O)Nc2ccc(CC(=O)N3C[C@@H](F)C[C@H]3CO[C@H]3CC[C@H](C(=O)O)CC3)cc2Cl)c2ccccc21. The molecule has 0 spiro atoms. The molecule has 218 valence electrons. The Balaban J connectivity index is 1.19. The van der Waals surface area contributed by atoms with Crippen molar-refractivity contribution in [1.29, 1.82) is 0 Å². The number of carbonyl (C=O) groups excluding carboxylic acids is 2. The minimum Gasteiger partial charge on any atom is -0.481 e. The van der Waals surface area contributed by atoms with Gasteiger partial charge in [-0.25, -0.2) is 4.39 Å². The molecule has 2 heterocycles. The van der Waals surface area contributed by atoms with Gasteiger partial charge < -0.3 is 24.6 Å². The number of likely N-dealkylation sites (tertiary alicyclic amines) is 1. The minimum atomic E-state index is -1.12. The van der Waals surface area contributed by atoms with Gasteiger partial charge in [-0.1, -0.05) is 35.9 Å². The van der Waals surface area contributed by atoms with Crippen molar-refractivity contribution in [3.63, 3.8) is 0 Å². The number of carboxylic acids is 1.